The van der Waals surface area contributed by atoms with E-state index in [0.29, 0.717) is 26.1 Å². The van der Waals surface area contributed by atoms with Crippen LogP contribution in [0.4, 0.5) is 0 Å². The van der Waals surface area contributed by atoms with E-state index in [4.69, 9.17) is 4.74 Å². The minimum absolute atomic E-state index is 0.0106. The quantitative estimate of drug-likeness (QED) is 0.791. The van der Waals surface area contributed by atoms with Crippen molar-refractivity contribution >= 4 is 11.9 Å². The number of nitrogens with one attached hydrogen (secondary N) is 1. The molecule has 0 radical (unpaired) electrons. The first kappa shape index (κ1) is 14.3. The van der Waals surface area contributed by atoms with Crippen LogP contribution in [0.25, 0.3) is 0 Å². The average Bonchev–Trinajstić information content (AvgIpc) is 3.10. The van der Waals surface area contributed by atoms with Crippen molar-refractivity contribution < 1.29 is 19.4 Å². The van der Waals surface area contributed by atoms with Crippen LogP contribution in [0.1, 0.15) is 39.5 Å². The summed E-state index contributed by atoms with van der Waals surface area (Å²) in [5, 5.41) is 12.2. The van der Waals surface area contributed by atoms with Gasteiger partial charge in [0.1, 0.15) is 0 Å². The second-order valence-corrected chi connectivity index (χ2v) is 6.18. The predicted molar refractivity (Wildman–Crippen MR) is 69.6 cm³/mol. The van der Waals surface area contributed by atoms with Crippen LogP contribution in [0, 0.1) is 16.7 Å². The van der Waals surface area contributed by atoms with E-state index in [-0.39, 0.29) is 23.8 Å². The Morgan fingerprint density at radius 3 is 2.47 bits per heavy atom. The van der Waals surface area contributed by atoms with Gasteiger partial charge < -0.3 is 15.2 Å². The SMILES string of the molecule is CCC1(C)CC1C(=O)NCC1(C(=O)O)CCOCC1. The van der Waals surface area contributed by atoms with Crippen LogP contribution in [-0.4, -0.2) is 36.7 Å². The number of carboxylic acid groups (broad SMARTS) is 1. The van der Waals surface area contributed by atoms with Crippen molar-refractivity contribution in [3.63, 3.8) is 0 Å². The molecule has 1 aliphatic carbocycles. The zero-order valence-corrected chi connectivity index (χ0v) is 11.7. The summed E-state index contributed by atoms with van der Waals surface area (Å²) in [7, 11) is 0. The van der Waals surface area contributed by atoms with Crippen LogP contribution in [0.3, 0.4) is 0 Å². The second-order valence-electron chi connectivity index (χ2n) is 6.18. The highest BCUT2D eigenvalue weighted by molar-refractivity contribution is 5.83. The molecule has 2 aliphatic rings. The smallest absolute Gasteiger partial charge is 0.311 e. The number of carbonyl (C=O) groups excluding carboxylic acids is 1. The number of amides is 1. The molecule has 1 amide bonds. The summed E-state index contributed by atoms with van der Waals surface area (Å²) < 4.78 is 5.22. The van der Waals surface area contributed by atoms with E-state index in [1.807, 2.05) is 0 Å². The molecular formula is C14H23NO4. The van der Waals surface area contributed by atoms with Crippen molar-refractivity contribution in [1.82, 2.24) is 5.32 Å². The highest BCUT2D eigenvalue weighted by atomic mass is 16.5. The van der Waals surface area contributed by atoms with Gasteiger partial charge in [0.2, 0.25) is 5.91 Å². The third kappa shape index (κ3) is 2.76. The number of ether oxygens (including phenoxy) is 1. The maximum atomic E-state index is 12.1. The molecule has 2 rings (SSSR count). The summed E-state index contributed by atoms with van der Waals surface area (Å²) in [5.41, 5.74) is -0.721. The Balaban J connectivity index is 1.90. The molecule has 5 heteroatoms. The molecule has 1 saturated heterocycles. The number of rotatable bonds is 5. The van der Waals surface area contributed by atoms with Gasteiger partial charge in [0.15, 0.2) is 0 Å². The van der Waals surface area contributed by atoms with Crippen molar-refractivity contribution in [3.05, 3.63) is 0 Å². The lowest BCUT2D eigenvalue weighted by Gasteiger charge is -2.33. The second kappa shape index (κ2) is 5.12. The van der Waals surface area contributed by atoms with Crippen molar-refractivity contribution in [2.75, 3.05) is 19.8 Å². The Hall–Kier alpha value is -1.10. The van der Waals surface area contributed by atoms with Gasteiger partial charge in [0.25, 0.3) is 0 Å². The minimum atomic E-state index is -0.842. The first-order valence-electron chi connectivity index (χ1n) is 7.02. The third-order valence-electron chi connectivity index (χ3n) is 4.98. The van der Waals surface area contributed by atoms with Gasteiger partial charge in [-0.05, 0) is 31.1 Å². The lowest BCUT2D eigenvalue weighted by atomic mass is 9.80. The molecule has 5 nitrogen and oxygen atoms in total. The molecule has 108 valence electrons. The van der Waals surface area contributed by atoms with E-state index in [2.05, 4.69) is 19.2 Å². The van der Waals surface area contributed by atoms with Gasteiger partial charge in [-0.3, -0.25) is 9.59 Å². The van der Waals surface area contributed by atoms with Crippen LogP contribution < -0.4 is 5.32 Å². The Labute approximate surface area is 113 Å². The van der Waals surface area contributed by atoms with Gasteiger partial charge in [-0.25, -0.2) is 0 Å². The van der Waals surface area contributed by atoms with Crippen molar-refractivity contribution in [2.24, 2.45) is 16.7 Å². The molecule has 0 aromatic carbocycles. The van der Waals surface area contributed by atoms with E-state index in [9.17, 15) is 14.7 Å². The lowest BCUT2D eigenvalue weighted by molar-refractivity contribution is -0.154. The van der Waals surface area contributed by atoms with Crippen LogP contribution in [0.15, 0.2) is 0 Å². The lowest BCUT2D eigenvalue weighted by Crippen LogP contribution is -2.47. The van der Waals surface area contributed by atoms with Gasteiger partial charge in [-0.15, -0.1) is 0 Å². The van der Waals surface area contributed by atoms with E-state index >= 15 is 0 Å². The Morgan fingerprint density at radius 1 is 1.37 bits per heavy atom. The van der Waals surface area contributed by atoms with Crippen LogP contribution >= 0.6 is 0 Å². The zero-order valence-electron chi connectivity index (χ0n) is 11.7. The van der Waals surface area contributed by atoms with Gasteiger partial charge in [-0.2, -0.15) is 0 Å². The molecule has 19 heavy (non-hydrogen) atoms. The average molecular weight is 269 g/mol. The number of hydrogen-bond acceptors (Lipinski definition) is 3. The maximum Gasteiger partial charge on any atom is 0.311 e. The normalized spacial score (nSPS) is 32.6. The molecule has 1 heterocycles. The van der Waals surface area contributed by atoms with Crippen molar-refractivity contribution in [2.45, 2.75) is 39.5 Å². The molecule has 1 aliphatic heterocycles. The molecule has 0 spiro atoms. The van der Waals surface area contributed by atoms with E-state index in [1.165, 1.54) is 0 Å². The molecule has 0 bridgehead atoms. The molecule has 1 saturated carbocycles. The monoisotopic (exact) mass is 269 g/mol. The topological polar surface area (TPSA) is 75.6 Å². The Kier molecular flexibility index (Phi) is 3.85. The van der Waals surface area contributed by atoms with Crippen LogP contribution in [0.5, 0.6) is 0 Å². The maximum absolute atomic E-state index is 12.1. The molecule has 2 fully saturated rings. The van der Waals surface area contributed by atoms with E-state index < -0.39 is 11.4 Å². The minimum Gasteiger partial charge on any atom is -0.481 e. The number of carbonyl (C=O) groups is 2. The van der Waals surface area contributed by atoms with E-state index in [1.54, 1.807) is 0 Å². The Morgan fingerprint density at radius 2 is 2.00 bits per heavy atom. The summed E-state index contributed by atoms with van der Waals surface area (Å²) in [4.78, 5) is 23.5. The first-order valence-corrected chi connectivity index (χ1v) is 7.02. The highest BCUT2D eigenvalue weighted by Crippen LogP contribution is 2.54. The first-order chi connectivity index (χ1) is 8.93. The standard InChI is InChI=1S/C14H23NO4/c1-3-13(2)8-10(13)11(16)15-9-14(12(17)18)4-6-19-7-5-14/h10H,3-9H2,1-2H3,(H,15,16)(H,17,18). The fourth-order valence-corrected chi connectivity index (χ4v) is 2.82. The summed E-state index contributed by atoms with van der Waals surface area (Å²) in [6.07, 6.45) is 2.85. The fourth-order valence-electron chi connectivity index (χ4n) is 2.82. The Bertz CT molecular complexity index is 376. The summed E-state index contributed by atoms with van der Waals surface area (Å²) >= 11 is 0. The molecule has 0 aromatic heterocycles. The fraction of sp³-hybridized carbons (Fsp3) is 0.857. The van der Waals surface area contributed by atoms with Gasteiger partial charge in [0, 0.05) is 25.7 Å². The van der Waals surface area contributed by atoms with Crippen LogP contribution in [-0.2, 0) is 14.3 Å². The summed E-state index contributed by atoms with van der Waals surface area (Å²) in [6.45, 7) is 5.33. The largest absolute Gasteiger partial charge is 0.481 e. The molecule has 0 aromatic rings. The molecule has 2 atom stereocenters. The summed E-state index contributed by atoms with van der Waals surface area (Å²) in [5.74, 6) is -0.759. The molecule has 2 N–H and O–H groups in total. The third-order valence-corrected chi connectivity index (χ3v) is 4.98. The number of carboxylic acids is 1. The van der Waals surface area contributed by atoms with Gasteiger partial charge in [0.05, 0.1) is 5.41 Å². The zero-order chi connectivity index (χ0) is 14.1. The van der Waals surface area contributed by atoms with Crippen molar-refractivity contribution in [1.29, 1.82) is 0 Å². The van der Waals surface area contributed by atoms with Crippen molar-refractivity contribution in [3.8, 4) is 0 Å². The number of hydrogen-bond donors (Lipinski definition) is 2. The van der Waals surface area contributed by atoms with E-state index in [0.717, 1.165) is 12.8 Å². The molecule has 2 unspecified atom stereocenters. The molecular weight excluding hydrogens is 246 g/mol. The van der Waals surface area contributed by atoms with Gasteiger partial charge >= 0.3 is 5.97 Å². The predicted octanol–water partition coefficient (Wildman–Crippen LogP) is 1.42. The number of aliphatic carboxylic acids is 1. The van der Waals surface area contributed by atoms with Gasteiger partial charge in [-0.1, -0.05) is 13.8 Å². The highest BCUT2D eigenvalue weighted by Gasteiger charge is 2.53. The van der Waals surface area contributed by atoms with Crippen LogP contribution in [0.2, 0.25) is 0 Å². The summed E-state index contributed by atoms with van der Waals surface area (Å²) in [6, 6.07) is 0.